The second-order valence-corrected chi connectivity index (χ2v) is 11.3. The van der Waals surface area contributed by atoms with E-state index < -0.39 is 34.3 Å². The molecule has 8 nitrogen and oxygen atoms in total. The summed E-state index contributed by atoms with van der Waals surface area (Å²) in [6, 6.07) is 18.8. The normalized spacial score (nSPS) is 12.7. The second kappa shape index (κ2) is 13.9. The topological polar surface area (TPSA) is 96.0 Å². The summed E-state index contributed by atoms with van der Waals surface area (Å²) in [5.74, 6) is -0.837. The van der Waals surface area contributed by atoms with Gasteiger partial charge in [-0.2, -0.15) is 0 Å². The van der Waals surface area contributed by atoms with Crippen molar-refractivity contribution >= 4 is 27.5 Å². The fraction of sp³-hybridized carbons (Fsp3) is 0.333. The van der Waals surface area contributed by atoms with E-state index in [1.165, 1.54) is 41.3 Å². The van der Waals surface area contributed by atoms with Crippen molar-refractivity contribution in [3.05, 3.63) is 90.2 Å². The first kappa shape index (κ1) is 30.6. The van der Waals surface area contributed by atoms with E-state index in [1.807, 2.05) is 20.8 Å². The molecule has 40 heavy (non-hydrogen) atoms. The summed E-state index contributed by atoms with van der Waals surface area (Å²) >= 11 is 0. The van der Waals surface area contributed by atoms with Gasteiger partial charge in [0.15, 0.2) is 0 Å². The van der Waals surface area contributed by atoms with Crippen molar-refractivity contribution in [3.63, 3.8) is 0 Å². The number of halogens is 1. The highest BCUT2D eigenvalue weighted by Gasteiger charge is 2.32. The molecule has 0 aliphatic carbocycles. The molecule has 0 aliphatic heterocycles. The van der Waals surface area contributed by atoms with Gasteiger partial charge in [-0.25, -0.2) is 12.8 Å². The van der Waals surface area contributed by atoms with E-state index in [-0.39, 0.29) is 29.1 Å². The first-order valence-corrected chi connectivity index (χ1v) is 14.7. The van der Waals surface area contributed by atoms with Gasteiger partial charge in [-0.15, -0.1) is 0 Å². The van der Waals surface area contributed by atoms with Crippen LogP contribution < -0.4 is 14.4 Å². The van der Waals surface area contributed by atoms with E-state index in [0.717, 1.165) is 4.31 Å². The maximum atomic E-state index is 13.9. The molecule has 0 aromatic heterocycles. The first-order valence-electron chi connectivity index (χ1n) is 13.2. The van der Waals surface area contributed by atoms with Crippen LogP contribution in [0.5, 0.6) is 5.75 Å². The maximum absolute atomic E-state index is 13.9. The van der Waals surface area contributed by atoms with Crippen molar-refractivity contribution in [1.29, 1.82) is 0 Å². The van der Waals surface area contributed by atoms with Gasteiger partial charge in [0, 0.05) is 12.6 Å². The number of sulfonamides is 1. The minimum absolute atomic E-state index is 0.0172. The van der Waals surface area contributed by atoms with E-state index in [9.17, 15) is 22.4 Å². The van der Waals surface area contributed by atoms with Gasteiger partial charge in [-0.05, 0) is 81.3 Å². The molecular formula is C30H36FN3O5S. The lowest BCUT2D eigenvalue weighted by Gasteiger charge is -2.32. The number of ether oxygens (including phenoxy) is 1. The Balaban J connectivity index is 2.01. The first-order chi connectivity index (χ1) is 19.1. The molecule has 0 aliphatic rings. The summed E-state index contributed by atoms with van der Waals surface area (Å²) < 4.78 is 47.6. The van der Waals surface area contributed by atoms with Crippen LogP contribution in [-0.2, 0) is 26.2 Å². The second-order valence-electron chi connectivity index (χ2n) is 9.39. The summed E-state index contributed by atoms with van der Waals surface area (Å²) in [4.78, 5) is 28.3. The van der Waals surface area contributed by atoms with Crippen LogP contribution in [0.1, 0.15) is 39.7 Å². The highest BCUT2D eigenvalue weighted by molar-refractivity contribution is 7.92. The van der Waals surface area contributed by atoms with Gasteiger partial charge in [0.2, 0.25) is 11.8 Å². The lowest BCUT2D eigenvalue weighted by atomic mass is 10.1. The summed E-state index contributed by atoms with van der Waals surface area (Å²) in [6.07, 6.45) is 0.700. The number of rotatable bonds is 13. The SMILES string of the molecule is CCOc1ccc(N(CC(=O)N(Cc2ccc(F)cc2)[C@H](C)C(=O)N[C@@H](C)CC)S(=O)(=O)c2ccccc2)cc1. The van der Waals surface area contributed by atoms with Gasteiger partial charge >= 0.3 is 0 Å². The quantitative estimate of drug-likeness (QED) is 0.321. The Morgan fingerprint density at radius 2 is 1.55 bits per heavy atom. The Bertz CT molecular complexity index is 1370. The Hall–Kier alpha value is -3.92. The molecule has 0 saturated carbocycles. The zero-order valence-electron chi connectivity index (χ0n) is 23.2. The average Bonchev–Trinajstić information content (AvgIpc) is 2.96. The lowest BCUT2D eigenvalue weighted by Crippen LogP contribution is -2.52. The van der Waals surface area contributed by atoms with E-state index in [0.29, 0.717) is 24.3 Å². The van der Waals surface area contributed by atoms with Crippen molar-refractivity contribution in [3.8, 4) is 5.75 Å². The predicted octanol–water partition coefficient (Wildman–Crippen LogP) is 4.75. The molecule has 0 bridgehead atoms. The van der Waals surface area contributed by atoms with Crippen LogP contribution in [0.4, 0.5) is 10.1 Å². The number of carbonyl (C=O) groups excluding carboxylic acids is 2. The highest BCUT2D eigenvalue weighted by Crippen LogP contribution is 2.26. The van der Waals surface area contributed by atoms with E-state index in [1.54, 1.807) is 49.4 Å². The standard InChI is InChI=1S/C30H36FN3O5S/c1-5-22(3)32-30(36)23(4)33(20-24-12-14-25(31)15-13-24)29(35)21-34(26-16-18-27(19-17-26)39-6-2)40(37,38)28-10-8-7-9-11-28/h7-19,22-23H,5-6,20-21H2,1-4H3,(H,32,36)/t22-,23+/m0/s1. The van der Waals surface area contributed by atoms with Gasteiger partial charge < -0.3 is 15.0 Å². The van der Waals surface area contributed by atoms with Crippen molar-refractivity contribution < 1.29 is 27.1 Å². The third kappa shape index (κ3) is 7.81. The smallest absolute Gasteiger partial charge is 0.264 e. The van der Waals surface area contributed by atoms with Gasteiger partial charge in [0.25, 0.3) is 10.0 Å². The molecular weight excluding hydrogens is 533 g/mol. The van der Waals surface area contributed by atoms with Crippen molar-refractivity contribution in [2.45, 2.75) is 57.6 Å². The third-order valence-electron chi connectivity index (χ3n) is 6.48. The van der Waals surface area contributed by atoms with E-state index >= 15 is 0 Å². The molecule has 3 aromatic rings. The number of hydrogen-bond donors (Lipinski definition) is 1. The van der Waals surface area contributed by atoms with Crippen LogP contribution in [0.15, 0.2) is 83.8 Å². The Morgan fingerprint density at radius 3 is 2.12 bits per heavy atom. The third-order valence-corrected chi connectivity index (χ3v) is 8.27. The van der Waals surface area contributed by atoms with Crippen LogP contribution in [0, 0.1) is 5.82 Å². The fourth-order valence-corrected chi connectivity index (χ4v) is 5.39. The molecule has 214 valence electrons. The number of anilines is 1. The molecule has 0 saturated heterocycles. The predicted molar refractivity (Wildman–Crippen MR) is 153 cm³/mol. The molecule has 2 atom stereocenters. The molecule has 2 amide bonds. The zero-order valence-corrected chi connectivity index (χ0v) is 24.0. The summed E-state index contributed by atoms with van der Waals surface area (Å²) in [5.41, 5.74) is 0.857. The lowest BCUT2D eigenvalue weighted by molar-refractivity contribution is -0.139. The Labute approximate surface area is 235 Å². The van der Waals surface area contributed by atoms with Gasteiger partial charge in [-0.3, -0.25) is 13.9 Å². The summed E-state index contributed by atoms with van der Waals surface area (Å²) in [5, 5.41) is 2.88. The number of benzene rings is 3. The van der Waals surface area contributed by atoms with Crippen molar-refractivity contribution in [2.24, 2.45) is 0 Å². The van der Waals surface area contributed by atoms with Gasteiger partial charge in [0.05, 0.1) is 17.2 Å². The molecule has 0 fully saturated rings. The van der Waals surface area contributed by atoms with E-state index in [2.05, 4.69) is 5.32 Å². The Morgan fingerprint density at radius 1 is 0.925 bits per heavy atom. The van der Waals surface area contributed by atoms with Gasteiger partial charge in [-0.1, -0.05) is 37.3 Å². The molecule has 0 spiro atoms. The summed E-state index contributed by atoms with van der Waals surface area (Å²) in [7, 11) is -4.16. The molecule has 10 heteroatoms. The molecule has 3 rings (SSSR count). The number of carbonyl (C=O) groups is 2. The van der Waals surface area contributed by atoms with Gasteiger partial charge in [0.1, 0.15) is 24.2 Å². The molecule has 1 N–H and O–H groups in total. The number of amides is 2. The van der Waals surface area contributed by atoms with Crippen LogP contribution in [0.2, 0.25) is 0 Å². The Kier molecular flexibility index (Phi) is 10.7. The van der Waals surface area contributed by atoms with Crippen LogP contribution >= 0.6 is 0 Å². The molecule has 0 unspecified atom stereocenters. The largest absolute Gasteiger partial charge is 0.494 e. The monoisotopic (exact) mass is 569 g/mol. The zero-order chi connectivity index (χ0) is 29.3. The maximum Gasteiger partial charge on any atom is 0.264 e. The molecule has 3 aromatic carbocycles. The minimum Gasteiger partial charge on any atom is -0.494 e. The average molecular weight is 570 g/mol. The minimum atomic E-state index is -4.16. The van der Waals surface area contributed by atoms with Crippen LogP contribution in [-0.4, -0.2) is 50.4 Å². The highest BCUT2D eigenvalue weighted by atomic mass is 32.2. The van der Waals surface area contributed by atoms with Crippen LogP contribution in [0.25, 0.3) is 0 Å². The number of nitrogens with zero attached hydrogens (tertiary/aromatic N) is 2. The van der Waals surface area contributed by atoms with E-state index in [4.69, 9.17) is 4.74 Å². The number of hydrogen-bond acceptors (Lipinski definition) is 5. The number of nitrogens with one attached hydrogen (secondary N) is 1. The van der Waals surface area contributed by atoms with Crippen molar-refractivity contribution in [1.82, 2.24) is 10.2 Å². The van der Waals surface area contributed by atoms with Crippen molar-refractivity contribution in [2.75, 3.05) is 17.5 Å². The van der Waals surface area contributed by atoms with Crippen LogP contribution in [0.3, 0.4) is 0 Å². The molecule has 0 heterocycles. The molecule has 0 radical (unpaired) electrons. The fourth-order valence-electron chi connectivity index (χ4n) is 3.96. The summed E-state index contributed by atoms with van der Waals surface area (Å²) in [6.45, 7) is 7.08.